The van der Waals surface area contributed by atoms with Crippen molar-refractivity contribution >= 4 is 34.4 Å². The topological polar surface area (TPSA) is 77.8 Å². The molecule has 0 saturated carbocycles. The third-order valence-electron chi connectivity index (χ3n) is 5.52. The quantitative estimate of drug-likeness (QED) is 0.505. The van der Waals surface area contributed by atoms with Gasteiger partial charge in [0.25, 0.3) is 0 Å². The van der Waals surface area contributed by atoms with Crippen molar-refractivity contribution in [2.24, 2.45) is 5.92 Å². The number of carbonyl (C=O) groups excluding carboxylic acids is 1. The smallest absolute Gasteiger partial charge is 0.347 e. The van der Waals surface area contributed by atoms with Crippen LogP contribution < -0.4 is 4.74 Å². The maximum absolute atomic E-state index is 12.1. The van der Waals surface area contributed by atoms with Crippen LogP contribution in [0, 0.1) is 19.8 Å². The number of carboxylic acid groups (broad SMARTS) is 1. The minimum Gasteiger partial charge on any atom is -0.478 e. The molecule has 1 aromatic heterocycles. The van der Waals surface area contributed by atoms with E-state index in [9.17, 15) is 14.7 Å². The Morgan fingerprint density at radius 2 is 1.84 bits per heavy atom. The van der Waals surface area contributed by atoms with Gasteiger partial charge in [0.2, 0.25) is 0 Å². The lowest BCUT2D eigenvalue weighted by Gasteiger charge is -2.21. The average molecular weight is 444 g/mol. The molecule has 0 bridgehead atoms. The summed E-state index contributed by atoms with van der Waals surface area (Å²) in [4.78, 5) is 23.4. The molecule has 0 unspecified atom stereocenters. The van der Waals surface area contributed by atoms with Crippen molar-refractivity contribution in [1.82, 2.24) is 4.57 Å². The highest BCUT2D eigenvalue weighted by atomic mass is 35.5. The van der Waals surface area contributed by atoms with Crippen LogP contribution in [0.25, 0.3) is 10.9 Å². The molecule has 2 aromatic carbocycles. The van der Waals surface area contributed by atoms with Crippen LogP contribution in [-0.2, 0) is 16.1 Å². The van der Waals surface area contributed by atoms with Gasteiger partial charge >= 0.3 is 11.9 Å². The summed E-state index contributed by atoms with van der Waals surface area (Å²) in [7, 11) is 1.33. The van der Waals surface area contributed by atoms with E-state index in [1.807, 2.05) is 45.9 Å². The molecule has 0 radical (unpaired) electrons. The molecule has 1 heterocycles. The molecule has 0 aliphatic carbocycles. The number of aromatic carboxylic acids is 1. The molecule has 0 fully saturated rings. The standard InChI is InChI=1S/C24H26ClNO5/c1-13(2)22(24(29)30-5)31-21-10-16(6-8-19(21)25)12-26-15(4)14(3)18-11-17(23(27)28)7-9-20(18)26/h6-11,13,22H,12H2,1-5H3,(H,27,28)/t22-/m1/s1. The molecule has 31 heavy (non-hydrogen) atoms. The molecule has 3 aromatic rings. The maximum Gasteiger partial charge on any atom is 0.347 e. The number of ether oxygens (including phenoxy) is 2. The second kappa shape index (κ2) is 9.02. The van der Waals surface area contributed by atoms with Gasteiger partial charge in [-0.15, -0.1) is 0 Å². The molecule has 0 amide bonds. The number of aryl methyl sites for hydroxylation is 1. The summed E-state index contributed by atoms with van der Waals surface area (Å²) in [6.45, 7) is 8.29. The Hall–Kier alpha value is -2.99. The van der Waals surface area contributed by atoms with Crippen molar-refractivity contribution in [3.05, 3.63) is 63.8 Å². The Balaban J connectivity index is 1.98. The number of esters is 1. The first-order chi connectivity index (χ1) is 14.6. The van der Waals surface area contributed by atoms with E-state index in [1.165, 1.54) is 7.11 Å². The van der Waals surface area contributed by atoms with E-state index in [0.717, 1.165) is 27.7 Å². The van der Waals surface area contributed by atoms with Crippen LogP contribution in [0.1, 0.15) is 41.0 Å². The zero-order chi connectivity index (χ0) is 22.9. The number of rotatable bonds is 7. The summed E-state index contributed by atoms with van der Waals surface area (Å²) in [5, 5.41) is 10.6. The Bertz CT molecular complexity index is 1150. The minimum absolute atomic E-state index is 0.0890. The summed E-state index contributed by atoms with van der Waals surface area (Å²) in [5.41, 5.74) is 4.23. The lowest BCUT2D eigenvalue weighted by atomic mass is 10.1. The van der Waals surface area contributed by atoms with Crippen LogP contribution >= 0.6 is 11.6 Å². The SMILES string of the molecule is COC(=O)[C@H](Oc1cc(Cn2c(C)c(C)c3cc(C(=O)O)ccc32)ccc1Cl)C(C)C. The number of carbonyl (C=O) groups is 2. The summed E-state index contributed by atoms with van der Waals surface area (Å²) in [6.07, 6.45) is -0.761. The molecule has 0 spiro atoms. The van der Waals surface area contributed by atoms with Gasteiger partial charge in [-0.1, -0.05) is 31.5 Å². The van der Waals surface area contributed by atoms with Gasteiger partial charge in [-0.25, -0.2) is 9.59 Å². The molecule has 1 atom stereocenters. The van der Waals surface area contributed by atoms with Crippen molar-refractivity contribution in [3.63, 3.8) is 0 Å². The highest BCUT2D eigenvalue weighted by Crippen LogP contribution is 2.31. The van der Waals surface area contributed by atoms with Crippen LogP contribution in [0.3, 0.4) is 0 Å². The molecule has 164 valence electrons. The number of fused-ring (bicyclic) bond motifs is 1. The fraction of sp³-hybridized carbons (Fsp3) is 0.333. The molecule has 1 N–H and O–H groups in total. The van der Waals surface area contributed by atoms with Gasteiger partial charge in [-0.3, -0.25) is 0 Å². The zero-order valence-corrected chi connectivity index (χ0v) is 19.0. The largest absolute Gasteiger partial charge is 0.478 e. The highest BCUT2D eigenvalue weighted by Gasteiger charge is 2.26. The van der Waals surface area contributed by atoms with Gasteiger partial charge in [0.1, 0.15) is 5.75 Å². The predicted molar refractivity (Wildman–Crippen MR) is 120 cm³/mol. The van der Waals surface area contributed by atoms with Crippen LogP contribution in [0.15, 0.2) is 36.4 Å². The molecule has 7 heteroatoms. The third kappa shape index (κ3) is 4.54. The number of aromatic nitrogens is 1. The van der Waals surface area contributed by atoms with Crippen LogP contribution in [0.5, 0.6) is 5.75 Å². The summed E-state index contributed by atoms with van der Waals surface area (Å²) in [5.74, 6) is -1.07. The number of hydrogen-bond donors (Lipinski definition) is 1. The molecular weight excluding hydrogens is 418 g/mol. The fourth-order valence-corrected chi connectivity index (χ4v) is 3.78. The monoisotopic (exact) mass is 443 g/mol. The number of benzene rings is 2. The minimum atomic E-state index is -0.948. The molecule has 0 saturated heterocycles. The van der Waals surface area contributed by atoms with E-state index in [0.29, 0.717) is 17.3 Å². The summed E-state index contributed by atoms with van der Waals surface area (Å²) < 4.78 is 12.9. The predicted octanol–water partition coefficient (Wildman–Crippen LogP) is 5.23. The Kier molecular flexibility index (Phi) is 6.60. The second-order valence-electron chi connectivity index (χ2n) is 7.90. The third-order valence-corrected chi connectivity index (χ3v) is 5.83. The number of carboxylic acids is 1. The van der Waals surface area contributed by atoms with E-state index in [2.05, 4.69) is 4.57 Å². The normalized spacial score (nSPS) is 12.2. The Morgan fingerprint density at radius 1 is 1.13 bits per heavy atom. The van der Waals surface area contributed by atoms with Gasteiger partial charge in [0.15, 0.2) is 6.10 Å². The molecule has 0 aliphatic heterocycles. The maximum atomic E-state index is 12.1. The Labute approximate surface area is 186 Å². The first kappa shape index (κ1) is 22.7. The summed E-state index contributed by atoms with van der Waals surface area (Å²) >= 11 is 6.33. The lowest BCUT2D eigenvalue weighted by molar-refractivity contribution is -0.150. The van der Waals surface area contributed by atoms with E-state index in [1.54, 1.807) is 18.2 Å². The van der Waals surface area contributed by atoms with E-state index in [4.69, 9.17) is 21.1 Å². The summed E-state index contributed by atoms with van der Waals surface area (Å²) in [6, 6.07) is 10.6. The lowest BCUT2D eigenvalue weighted by Crippen LogP contribution is -2.33. The van der Waals surface area contributed by atoms with E-state index in [-0.39, 0.29) is 11.5 Å². The second-order valence-corrected chi connectivity index (χ2v) is 8.31. The van der Waals surface area contributed by atoms with Crippen LogP contribution in [0.4, 0.5) is 0 Å². The average Bonchev–Trinajstić information content (AvgIpc) is 2.97. The van der Waals surface area contributed by atoms with Crippen molar-refractivity contribution in [3.8, 4) is 5.75 Å². The highest BCUT2D eigenvalue weighted by molar-refractivity contribution is 6.32. The van der Waals surface area contributed by atoms with Gasteiger partial charge in [-0.2, -0.15) is 0 Å². The van der Waals surface area contributed by atoms with Crippen molar-refractivity contribution in [2.45, 2.75) is 40.3 Å². The molecule has 6 nitrogen and oxygen atoms in total. The number of halogens is 1. The van der Waals surface area contributed by atoms with Crippen molar-refractivity contribution < 1.29 is 24.2 Å². The number of nitrogens with zero attached hydrogens (tertiary/aromatic N) is 1. The Morgan fingerprint density at radius 3 is 2.45 bits per heavy atom. The van der Waals surface area contributed by atoms with Crippen LogP contribution in [0.2, 0.25) is 5.02 Å². The first-order valence-corrected chi connectivity index (χ1v) is 10.4. The van der Waals surface area contributed by atoms with Crippen molar-refractivity contribution in [2.75, 3.05) is 7.11 Å². The van der Waals surface area contributed by atoms with Gasteiger partial charge in [-0.05, 0) is 55.3 Å². The van der Waals surface area contributed by atoms with Gasteiger partial charge < -0.3 is 19.1 Å². The zero-order valence-electron chi connectivity index (χ0n) is 18.2. The fourth-order valence-electron chi connectivity index (χ4n) is 3.61. The van der Waals surface area contributed by atoms with Gasteiger partial charge in [0, 0.05) is 29.1 Å². The van der Waals surface area contributed by atoms with E-state index < -0.39 is 18.0 Å². The number of hydrogen-bond acceptors (Lipinski definition) is 4. The first-order valence-electron chi connectivity index (χ1n) is 9.99. The van der Waals surface area contributed by atoms with Crippen LogP contribution in [-0.4, -0.2) is 34.8 Å². The molecule has 0 aliphatic rings. The van der Waals surface area contributed by atoms with E-state index >= 15 is 0 Å². The van der Waals surface area contributed by atoms with Crippen molar-refractivity contribution in [1.29, 1.82) is 0 Å². The molecular formula is C24H26ClNO5. The number of methoxy groups -OCH3 is 1. The molecule has 3 rings (SSSR count). The van der Waals surface area contributed by atoms with Gasteiger partial charge in [0.05, 0.1) is 17.7 Å².